The van der Waals surface area contributed by atoms with Crippen LogP contribution in [0.1, 0.15) is 17.2 Å². The zero-order valence-electron chi connectivity index (χ0n) is 8.98. The third-order valence-corrected chi connectivity index (χ3v) is 3.03. The number of hydrogen-bond donors (Lipinski definition) is 1. The quantitative estimate of drug-likeness (QED) is 0.946. The molecule has 0 saturated carbocycles. The second-order valence-electron chi connectivity index (χ2n) is 3.47. The van der Waals surface area contributed by atoms with E-state index in [4.69, 9.17) is 9.15 Å². The molecule has 5 heteroatoms. The maximum atomic E-state index is 13.3. The Balaban J connectivity index is 2.47. The van der Waals surface area contributed by atoms with E-state index in [1.165, 1.54) is 31.8 Å². The molecule has 1 aromatic heterocycles. The van der Waals surface area contributed by atoms with Gasteiger partial charge in [0.25, 0.3) is 0 Å². The zero-order valence-corrected chi connectivity index (χ0v) is 10.6. The Morgan fingerprint density at radius 3 is 2.82 bits per heavy atom. The molecule has 0 aliphatic rings. The van der Waals surface area contributed by atoms with E-state index in [9.17, 15) is 9.50 Å². The molecule has 0 saturated heterocycles. The summed E-state index contributed by atoms with van der Waals surface area (Å²) in [4.78, 5) is 0. The summed E-state index contributed by atoms with van der Waals surface area (Å²) in [5.41, 5.74) is 1.06. The normalized spacial score (nSPS) is 12.5. The number of aliphatic hydroxyl groups is 1. The third-order valence-electron chi connectivity index (χ3n) is 2.43. The summed E-state index contributed by atoms with van der Waals surface area (Å²) < 4.78 is 23.5. The average molecular weight is 301 g/mol. The molecule has 0 spiro atoms. The van der Waals surface area contributed by atoms with Crippen LogP contribution in [0.2, 0.25) is 0 Å². The van der Waals surface area contributed by atoms with Crippen molar-refractivity contribution in [3.05, 3.63) is 52.1 Å². The van der Waals surface area contributed by atoms with Crippen LogP contribution in [0.4, 0.5) is 4.39 Å². The maximum Gasteiger partial charge on any atom is 0.141 e. The van der Waals surface area contributed by atoms with E-state index in [1.54, 1.807) is 6.07 Å². The summed E-state index contributed by atoms with van der Waals surface area (Å²) in [6.07, 6.45) is 1.98. The minimum Gasteiger partial charge on any atom is -0.496 e. The first-order valence-electron chi connectivity index (χ1n) is 4.86. The lowest BCUT2D eigenvalue weighted by Crippen LogP contribution is -2.02. The van der Waals surface area contributed by atoms with Crippen LogP contribution in [0.5, 0.6) is 5.75 Å². The molecule has 90 valence electrons. The number of benzene rings is 1. The first kappa shape index (κ1) is 12.1. The monoisotopic (exact) mass is 300 g/mol. The van der Waals surface area contributed by atoms with Crippen molar-refractivity contribution in [2.24, 2.45) is 0 Å². The third kappa shape index (κ3) is 2.35. The van der Waals surface area contributed by atoms with Gasteiger partial charge in [0.15, 0.2) is 0 Å². The molecule has 1 atom stereocenters. The molecule has 1 unspecified atom stereocenters. The van der Waals surface area contributed by atoms with Crippen LogP contribution in [-0.4, -0.2) is 12.2 Å². The molecule has 0 radical (unpaired) electrons. The Bertz CT molecular complexity index is 511. The summed E-state index contributed by atoms with van der Waals surface area (Å²) in [7, 11) is 1.42. The van der Waals surface area contributed by atoms with Crippen LogP contribution < -0.4 is 4.74 Å². The van der Waals surface area contributed by atoms with Gasteiger partial charge in [-0.2, -0.15) is 0 Å². The van der Waals surface area contributed by atoms with Gasteiger partial charge in [0, 0.05) is 17.2 Å². The van der Waals surface area contributed by atoms with Gasteiger partial charge in [-0.15, -0.1) is 0 Å². The SMILES string of the molecule is COc1cc(F)c(Br)cc1C(O)c1ccoc1. The second kappa shape index (κ2) is 4.89. The Morgan fingerprint density at radius 2 is 2.24 bits per heavy atom. The van der Waals surface area contributed by atoms with Gasteiger partial charge >= 0.3 is 0 Å². The standard InChI is InChI=1S/C12H10BrFO3/c1-16-11-5-10(14)9(13)4-8(11)12(15)7-2-3-17-6-7/h2-6,12,15H,1H3. The smallest absolute Gasteiger partial charge is 0.141 e. The van der Waals surface area contributed by atoms with Crippen molar-refractivity contribution in [1.29, 1.82) is 0 Å². The molecule has 0 bridgehead atoms. The van der Waals surface area contributed by atoms with Gasteiger partial charge in [-0.25, -0.2) is 4.39 Å². The predicted octanol–water partition coefficient (Wildman–Crippen LogP) is 3.27. The number of halogens is 2. The summed E-state index contributed by atoms with van der Waals surface area (Å²) in [5, 5.41) is 10.1. The highest BCUT2D eigenvalue weighted by atomic mass is 79.9. The molecule has 1 aromatic carbocycles. The zero-order chi connectivity index (χ0) is 12.4. The number of hydrogen-bond acceptors (Lipinski definition) is 3. The van der Waals surface area contributed by atoms with Crippen LogP contribution >= 0.6 is 15.9 Å². The number of furan rings is 1. The molecule has 2 aromatic rings. The van der Waals surface area contributed by atoms with Crippen molar-refractivity contribution in [3.63, 3.8) is 0 Å². The van der Waals surface area contributed by atoms with Crippen LogP contribution in [0.3, 0.4) is 0 Å². The molecule has 1 N–H and O–H groups in total. The summed E-state index contributed by atoms with van der Waals surface area (Å²) >= 11 is 3.08. The van der Waals surface area contributed by atoms with Crippen LogP contribution in [0, 0.1) is 5.82 Å². The number of ether oxygens (including phenoxy) is 1. The molecule has 2 rings (SSSR count). The summed E-state index contributed by atoms with van der Waals surface area (Å²) in [5.74, 6) is -0.149. The molecule has 0 aliphatic carbocycles. The maximum absolute atomic E-state index is 13.3. The first-order chi connectivity index (χ1) is 8.13. The average Bonchev–Trinajstić information content (AvgIpc) is 2.84. The van der Waals surface area contributed by atoms with Crippen molar-refractivity contribution >= 4 is 15.9 Å². The van der Waals surface area contributed by atoms with Gasteiger partial charge in [0.05, 0.1) is 24.1 Å². The predicted molar refractivity (Wildman–Crippen MR) is 63.4 cm³/mol. The van der Waals surface area contributed by atoms with Gasteiger partial charge < -0.3 is 14.3 Å². The molecule has 0 amide bonds. The van der Waals surface area contributed by atoms with Gasteiger partial charge in [-0.05, 0) is 28.1 Å². The van der Waals surface area contributed by atoms with Crippen molar-refractivity contribution in [3.8, 4) is 5.75 Å². The van der Waals surface area contributed by atoms with Crippen LogP contribution in [0.25, 0.3) is 0 Å². The Morgan fingerprint density at radius 1 is 1.47 bits per heavy atom. The van der Waals surface area contributed by atoms with Crippen molar-refractivity contribution in [2.75, 3.05) is 7.11 Å². The van der Waals surface area contributed by atoms with Gasteiger partial charge in [-0.1, -0.05) is 0 Å². The van der Waals surface area contributed by atoms with Gasteiger partial charge in [0.1, 0.15) is 17.7 Å². The largest absolute Gasteiger partial charge is 0.496 e. The molecule has 17 heavy (non-hydrogen) atoms. The fraction of sp³-hybridized carbons (Fsp3) is 0.167. The molecule has 0 aliphatic heterocycles. The molecule has 0 fully saturated rings. The lowest BCUT2D eigenvalue weighted by Gasteiger charge is -2.14. The van der Waals surface area contributed by atoms with E-state index in [0.717, 1.165) is 0 Å². The minimum absolute atomic E-state index is 0.274. The van der Waals surface area contributed by atoms with E-state index >= 15 is 0 Å². The van der Waals surface area contributed by atoms with E-state index in [2.05, 4.69) is 15.9 Å². The topological polar surface area (TPSA) is 42.6 Å². The molecular formula is C12H10BrFO3. The highest BCUT2D eigenvalue weighted by molar-refractivity contribution is 9.10. The minimum atomic E-state index is -0.916. The highest BCUT2D eigenvalue weighted by Crippen LogP contribution is 2.34. The molecular weight excluding hydrogens is 291 g/mol. The fourth-order valence-corrected chi connectivity index (χ4v) is 1.91. The molecule has 1 heterocycles. The van der Waals surface area contributed by atoms with Gasteiger partial charge in [0.2, 0.25) is 0 Å². The fourth-order valence-electron chi connectivity index (χ4n) is 1.54. The highest BCUT2D eigenvalue weighted by Gasteiger charge is 2.18. The number of aliphatic hydroxyl groups excluding tert-OH is 1. The van der Waals surface area contributed by atoms with Crippen molar-refractivity contribution in [1.82, 2.24) is 0 Å². The Hall–Kier alpha value is -1.33. The van der Waals surface area contributed by atoms with Crippen molar-refractivity contribution in [2.45, 2.75) is 6.10 Å². The first-order valence-corrected chi connectivity index (χ1v) is 5.66. The van der Waals surface area contributed by atoms with E-state index < -0.39 is 11.9 Å². The number of methoxy groups -OCH3 is 1. The Kier molecular flexibility index (Phi) is 3.49. The number of rotatable bonds is 3. The Labute approximate surface area is 106 Å². The van der Waals surface area contributed by atoms with E-state index in [0.29, 0.717) is 16.9 Å². The van der Waals surface area contributed by atoms with Crippen molar-refractivity contribution < 1.29 is 18.7 Å². The lowest BCUT2D eigenvalue weighted by atomic mass is 10.0. The van der Waals surface area contributed by atoms with E-state index in [1.807, 2.05) is 0 Å². The molecule has 3 nitrogen and oxygen atoms in total. The summed E-state index contributed by atoms with van der Waals surface area (Å²) in [6.45, 7) is 0. The second-order valence-corrected chi connectivity index (χ2v) is 4.32. The van der Waals surface area contributed by atoms with Crippen LogP contribution in [0.15, 0.2) is 39.6 Å². The van der Waals surface area contributed by atoms with Crippen LogP contribution in [-0.2, 0) is 0 Å². The summed E-state index contributed by atoms with van der Waals surface area (Å²) in [6, 6.07) is 4.36. The lowest BCUT2D eigenvalue weighted by molar-refractivity contribution is 0.213. The van der Waals surface area contributed by atoms with Gasteiger partial charge in [-0.3, -0.25) is 0 Å². The van der Waals surface area contributed by atoms with E-state index in [-0.39, 0.29) is 4.47 Å².